The summed E-state index contributed by atoms with van der Waals surface area (Å²) in [6, 6.07) is 7.08. The van der Waals surface area contributed by atoms with Gasteiger partial charge in [0.2, 0.25) is 5.91 Å². The second-order valence-corrected chi connectivity index (χ2v) is 8.84. The third kappa shape index (κ3) is 2.78. The minimum Gasteiger partial charge on any atom is -0.351 e. The van der Waals surface area contributed by atoms with Crippen LogP contribution in [0.5, 0.6) is 0 Å². The number of nitrogens with one attached hydrogen (secondary N) is 1. The zero-order valence-electron chi connectivity index (χ0n) is 14.2. The first kappa shape index (κ1) is 16.8. The largest absolute Gasteiger partial charge is 0.351 e. The number of carbonyl (C=O) groups excluding carboxylic acids is 1. The molecule has 1 atom stereocenters. The van der Waals surface area contributed by atoms with E-state index in [0.29, 0.717) is 17.3 Å². The number of aryl methyl sites for hydroxylation is 1. The molecule has 3 aromatic rings. The average Bonchev–Trinajstić information content (AvgIpc) is 3.09. The number of fused-ring (bicyclic) bond motifs is 3. The summed E-state index contributed by atoms with van der Waals surface area (Å²) >= 11 is 0. The Balaban J connectivity index is 1.74. The number of hydrogen-bond donors (Lipinski definition) is 1. The monoisotopic (exact) mass is 374 g/mol. The second-order valence-electron chi connectivity index (χ2n) is 6.61. The van der Waals surface area contributed by atoms with Gasteiger partial charge in [0.25, 0.3) is 5.56 Å². The van der Waals surface area contributed by atoms with Crippen LogP contribution in [0.25, 0.3) is 21.8 Å². The van der Waals surface area contributed by atoms with Crippen LogP contribution in [0.3, 0.4) is 0 Å². The topological polar surface area (TPSA) is 103 Å². The van der Waals surface area contributed by atoms with Crippen molar-refractivity contribution >= 4 is 37.6 Å². The normalized spacial score (nSPS) is 19.2. The Bertz CT molecular complexity index is 1190. The van der Waals surface area contributed by atoms with Crippen molar-refractivity contribution in [2.24, 2.45) is 7.05 Å². The maximum Gasteiger partial charge on any atom is 0.291 e. The third-order valence-corrected chi connectivity index (χ3v) is 6.53. The Kier molecular flexibility index (Phi) is 3.83. The molecule has 26 heavy (non-hydrogen) atoms. The molecular weight excluding hydrogens is 356 g/mol. The molecule has 4 rings (SSSR count). The highest BCUT2D eigenvalue weighted by Crippen LogP contribution is 2.26. The fraction of sp³-hybridized carbons (Fsp3) is 0.353. The molecule has 8 nitrogen and oxygen atoms in total. The van der Waals surface area contributed by atoms with Crippen molar-refractivity contribution < 1.29 is 13.2 Å². The number of sulfone groups is 1. The van der Waals surface area contributed by atoms with Gasteiger partial charge in [-0.1, -0.05) is 18.2 Å². The number of benzene rings is 1. The summed E-state index contributed by atoms with van der Waals surface area (Å²) in [5.74, 6) is -0.245. The van der Waals surface area contributed by atoms with E-state index in [2.05, 4.69) is 10.4 Å². The summed E-state index contributed by atoms with van der Waals surface area (Å²) in [7, 11) is -1.51. The molecule has 0 bridgehead atoms. The maximum atomic E-state index is 12.6. The van der Waals surface area contributed by atoms with Gasteiger partial charge in [0.15, 0.2) is 9.84 Å². The highest BCUT2D eigenvalue weighted by atomic mass is 32.2. The first-order valence-electron chi connectivity index (χ1n) is 8.29. The molecule has 0 saturated carbocycles. The molecule has 1 aliphatic rings. The lowest BCUT2D eigenvalue weighted by Crippen LogP contribution is -2.38. The van der Waals surface area contributed by atoms with Gasteiger partial charge >= 0.3 is 0 Å². The Hall–Kier alpha value is -2.68. The standard InChI is InChI=1S/C17H18N4O4S/c1-20-17(23)16-13(8-18-20)12-4-2-3-5-14(12)21(16)9-15(22)19-11-6-7-26(24,25)10-11/h2-5,8,11H,6-7,9-10H2,1H3,(H,19,22)/t11-/m1/s1. The van der Waals surface area contributed by atoms with Crippen molar-refractivity contribution in [3.63, 3.8) is 0 Å². The molecule has 1 N–H and O–H groups in total. The molecule has 9 heteroatoms. The molecule has 0 radical (unpaired) electrons. The van der Waals surface area contributed by atoms with Crippen LogP contribution >= 0.6 is 0 Å². The van der Waals surface area contributed by atoms with Crippen LogP contribution < -0.4 is 10.9 Å². The zero-order chi connectivity index (χ0) is 18.5. The number of aromatic nitrogens is 3. The molecule has 0 spiro atoms. The summed E-state index contributed by atoms with van der Waals surface area (Å²) in [5, 5.41) is 8.39. The van der Waals surface area contributed by atoms with Gasteiger partial charge in [0.05, 0.1) is 17.7 Å². The fourth-order valence-corrected chi connectivity index (χ4v) is 5.20. The summed E-state index contributed by atoms with van der Waals surface area (Å²) in [6.45, 7) is -0.0557. The fourth-order valence-electron chi connectivity index (χ4n) is 3.53. The molecule has 1 aromatic carbocycles. The van der Waals surface area contributed by atoms with Crippen molar-refractivity contribution in [2.45, 2.75) is 19.0 Å². The molecule has 0 unspecified atom stereocenters. The molecule has 1 saturated heterocycles. The van der Waals surface area contributed by atoms with Crippen LogP contribution in [0.2, 0.25) is 0 Å². The van der Waals surface area contributed by atoms with Crippen LogP contribution in [-0.4, -0.2) is 46.2 Å². The Morgan fingerprint density at radius 1 is 1.31 bits per heavy atom. The first-order chi connectivity index (χ1) is 12.4. The molecule has 3 heterocycles. The first-order valence-corrected chi connectivity index (χ1v) is 10.1. The minimum absolute atomic E-state index is 0.0302. The van der Waals surface area contributed by atoms with Crippen LogP contribution in [0.15, 0.2) is 35.3 Å². The van der Waals surface area contributed by atoms with Gasteiger partial charge in [-0.05, 0) is 12.5 Å². The predicted molar refractivity (Wildman–Crippen MR) is 97.7 cm³/mol. The molecule has 2 aromatic heterocycles. The van der Waals surface area contributed by atoms with Crippen LogP contribution in [0.4, 0.5) is 0 Å². The van der Waals surface area contributed by atoms with Crippen LogP contribution in [0, 0.1) is 0 Å². The van der Waals surface area contributed by atoms with Gasteiger partial charge in [-0.2, -0.15) is 5.10 Å². The van der Waals surface area contributed by atoms with Crippen molar-refractivity contribution in [3.8, 4) is 0 Å². The van der Waals surface area contributed by atoms with Crippen molar-refractivity contribution in [3.05, 3.63) is 40.8 Å². The van der Waals surface area contributed by atoms with Gasteiger partial charge in [-0.15, -0.1) is 0 Å². The lowest BCUT2D eigenvalue weighted by Gasteiger charge is -2.12. The third-order valence-electron chi connectivity index (χ3n) is 4.77. The van der Waals surface area contributed by atoms with Gasteiger partial charge in [-0.3, -0.25) is 9.59 Å². The maximum absolute atomic E-state index is 12.6. The molecule has 1 aliphatic heterocycles. The number of nitrogens with zero attached hydrogens (tertiary/aromatic N) is 3. The molecule has 1 amide bonds. The van der Waals surface area contributed by atoms with Gasteiger partial charge in [0.1, 0.15) is 12.1 Å². The summed E-state index contributed by atoms with van der Waals surface area (Å²) in [5.41, 5.74) is 0.898. The van der Waals surface area contributed by atoms with E-state index in [0.717, 1.165) is 10.9 Å². The number of carbonyl (C=O) groups is 1. The number of para-hydroxylation sites is 1. The summed E-state index contributed by atoms with van der Waals surface area (Å²) < 4.78 is 26.0. The molecule has 1 fully saturated rings. The molecule has 136 valence electrons. The second kappa shape index (κ2) is 5.94. The highest BCUT2D eigenvalue weighted by Gasteiger charge is 2.29. The SMILES string of the molecule is Cn1ncc2c3ccccc3n(CC(=O)N[C@@H]3CCS(=O)(=O)C3)c2c1=O. The molecular formula is C17H18N4O4S. The van der Waals surface area contributed by atoms with Gasteiger partial charge in [-0.25, -0.2) is 13.1 Å². The quantitative estimate of drug-likeness (QED) is 0.705. The lowest BCUT2D eigenvalue weighted by atomic mass is 10.2. The van der Waals surface area contributed by atoms with E-state index >= 15 is 0 Å². The smallest absolute Gasteiger partial charge is 0.291 e. The van der Waals surface area contributed by atoms with E-state index in [1.54, 1.807) is 17.8 Å². The van der Waals surface area contributed by atoms with E-state index in [1.165, 1.54) is 4.68 Å². The van der Waals surface area contributed by atoms with E-state index in [-0.39, 0.29) is 35.6 Å². The van der Waals surface area contributed by atoms with Crippen LogP contribution in [-0.2, 0) is 28.2 Å². The van der Waals surface area contributed by atoms with E-state index in [9.17, 15) is 18.0 Å². The number of amides is 1. The number of hydrogen-bond acceptors (Lipinski definition) is 5. The van der Waals surface area contributed by atoms with E-state index in [4.69, 9.17) is 0 Å². The average molecular weight is 374 g/mol. The lowest BCUT2D eigenvalue weighted by molar-refractivity contribution is -0.122. The van der Waals surface area contributed by atoms with Crippen LogP contribution in [0.1, 0.15) is 6.42 Å². The van der Waals surface area contributed by atoms with Crippen molar-refractivity contribution in [1.82, 2.24) is 19.7 Å². The Morgan fingerprint density at radius 2 is 2.08 bits per heavy atom. The number of rotatable bonds is 3. The van der Waals surface area contributed by atoms with E-state index in [1.807, 2.05) is 24.3 Å². The predicted octanol–water partition coefficient (Wildman–Crippen LogP) is 0.191. The van der Waals surface area contributed by atoms with Gasteiger partial charge < -0.3 is 9.88 Å². The van der Waals surface area contributed by atoms with E-state index < -0.39 is 9.84 Å². The Labute approximate surface area is 149 Å². The minimum atomic E-state index is -3.07. The summed E-state index contributed by atoms with van der Waals surface area (Å²) in [4.78, 5) is 25.1. The van der Waals surface area contributed by atoms with Gasteiger partial charge in [0, 0.05) is 29.4 Å². The Morgan fingerprint density at radius 3 is 2.81 bits per heavy atom. The molecule has 0 aliphatic carbocycles. The highest BCUT2D eigenvalue weighted by molar-refractivity contribution is 7.91. The summed E-state index contributed by atoms with van der Waals surface area (Å²) in [6.07, 6.45) is 2.05. The van der Waals surface area contributed by atoms with Crippen molar-refractivity contribution in [1.29, 1.82) is 0 Å². The van der Waals surface area contributed by atoms with Crippen molar-refractivity contribution in [2.75, 3.05) is 11.5 Å². The zero-order valence-corrected chi connectivity index (χ0v) is 15.0.